The van der Waals surface area contributed by atoms with Crippen LogP contribution in [0.4, 0.5) is 0 Å². The van der Waals surface area contributed by atoms with Gasteiger partial charge in [0.1, 0.15) is 12.4 Å². The molecule has 3 heteroatoms. The fraction of sp³-hybridized carbons (Fsp3) is 0.889. The predicted octanol–water partition coefficient (Wildman–Crippen LogP) is 0.913. The van der Waals surface area contributed by atoms with Crippen molar-refractivity contribution in [1.29, 1.82) is 0 Å². The SMILES string of the molecule is O=CC1CCCC2(CCOC2)O1. The number of aldehydes is 1. The van der Waals surface area contributed by atoms with Crippen LogP contribution in [0.2, 0.25) is 0 Å². The molecule has 2 heterocycles. The molecule has 2 aliphatic rings. The summed E-state index contributed by atoms with van der Waals surface area (Å²) in [5, 5.41) is 0. The van der Waals surface area contributed by atoms with Gasteiger partial charge in [-0.1, -0.05) is 0 Å². The summed E-state index contributed by atoms with van der Waals surface area (Å²) in [4.78, 5) is 10.5. The van der Waals surface area contributed by atoms with Crippen molar-refractivity contribution in [1.82, 2.24) is 0 Å². The quantitative estimate of drug-likeness (QED) is 0.549. The summed E-state index contributed by atoms with van der Waals surface area (Å²) >= 11 is 0. The molecular formula is C9H14O3. The molecule has 0 aromatic carbocycles. The molecule has 0 aromatic rings. The van der Waals surface area contributed by atoms with Gasteiger partial charge < -0.3 is 14.3 Å². The van der Waals surface area contributed by atoms with Gasteiger partial charge in [-0.05, 0) is 19.3 Å². The van der Waals surface area contributed by atoms with Gasteiger partial charge in [-0.25, -0.2) is 0 Å². The molecule has 2 unspecified atom stereocenters. The summed E-state index contributed by atoms with van der Waals surface area (Å²) in [6.07, 6.45) is 4.71. The van der Waals surface area contributed by atoms with E-state index in [1.165, 1.54) is 0 Å². The number of rotatable bonds is 1. The Balaban J connectivity index is 2.01. The van der Waals surface area contributed by atoms with Crippen molar-refractivity contribution in [3.63, 3.8) is 0 Å². The summed E-state index contributed by atoms with van der Waals surface area (Å²) in [5.41, 5.74) is -0.107. The molecule has 2 aliphatic heterocycles. The Labute approximate surface area is 72.0 Å². The van der Waals surface area contributed by atoms with Crippen molar-refractivity contribution in [2.24, 2.45) is 0 Å². The van der Waals surface area contributed by atoms with Crippen molar-refractivity contribution in [2.75, 3.05) is 13.2 Å². The molecule has 1 spiro atoms. The van der Waals surface area contributed by atoms with Crippen LogP contribution < -0.4 is 0 Å². The molecule has 0 saturated carbocycles. The fourth-order valence-electron chi connectivity index (χ4n) is 2.04. The van der Waals surface area contributed by atoms with Gasteiger partial charge in [-0.3, -0.25) is 0 Å². The molecule has 2 atom stereocenters. The van der Waals surface area contributed by atoms with E-state index in [1.807, 2.05) is 0 Å². The second-order valence-corrected chi connectivity index (χ2v) is 3.67. The summed E-state index contributed by atoms with van der Waals surface area (Å²) < 4.78 is 11.0. The van der Waals surface area contributed by atoms with Crippen LogP contribution in [0.3, 0.4) is 0 Å². The van der Waals surface area contributed by atoms with Gasteiger partial charge in [0, 0.05) is 13.0 Å². The molecule has 0 amide bonds. The third-order valence-corrected chi connectivity index (χ3v) is 2.74. The van der Waals surface area contributed by atoms with E-state index in [4.69, 9.17) is 9.47 Å². The molecule has 0 aliphatic carbocycles. The highest BCUT2D eigenvalue weighted by molar-refractivity contribution is 5.56. The number of hydrogen-bond acceptors (Lipinski definition) is 3. The largest absolute Gasteiger partial charge is 0.378 e. The van der Waals surface area contributed by atoms with Crippen LogP contribution in [-0.4, -0.2) is 31.2 Å². The molecule has 2 saturated heterocycles. The highest BCUT2D eigenvalue weighted by atomic mass is 16.6. The van der Waals surface area contributed by atoms with Gasteiger partial charge in [0.05, 0.1) is 12.2 Å². The van der Waals surface area contributed by atoms with E-state index in [9.17, 15) is 4.79 Å². The molecule has 2 fully saturated rings. The zero-order chi connectivity index (χ0) is 8.44. The molecule has 0 bridgehead atoms. The number of carbonyl (C=O) groups is 1. The second-order valence-electron chi connectivity index (χ2n) is 3.67. The van der Waals surface area contributed by atoms with E-state index >= 15 is 0 Å². The van der Waals surface area contributed by atoms with Crippen LogP contribution in [0.1, 0.15) is 25.7 Å². The first-order valence-corrected chi connectivity index (χ1v) is 4.56. The van der Waals surface area contributed by atoms with Crippen LogP contribution >= 0.6 is 0 Å². The van der Waals surface area contributed by atoms with Gasteiger partial charge in [0.25, 0.3) is 0 Å². The first-order chi connectivity index (χ1) is 5.85. The summed E-state index contributed by atoms with van der Waals surface area (Å²) in [5.74, 6) is 0. The van der Waals surface area contributed by atoms with Crippen molar-refractivity contribution in [3.8, 4) is 0 Å². The molecule has 0 N–H and O–H groups in total. The maximum absolute atomic E-state index is 10.5. The van der Waals surface area contributed by atoms with Crippen molar-refractivity contribution in [2.45, 2.75) is 37.4 Å². The normalized spacial score (nSPS) is 41.8. The Kier molecular flexibility index (Phi) is 2.15. The number of carbonyl (C=O) groups excluding carboxylic acids is 1. The van der Waals surface area contributed by atoms with Crippen LogP contribution in [0, 0.1) is 0 Å². The zero-order valence-electron chi connectivity index (χ0n) is 7.12. The third-order valence-electron chi connectivity index (χ3n) is 2.74. The van der Waals surface area contributed by atoms with Gasteiger partial charge in [0.2, 0.25) is 0 Å². The lowest BCUT2D eigenvalue weighted by atomic mass is 9.91. The van der Waals surface area contributed by atoms with Crippen molar-refractivity contribution >= 4 is 6.29 Å². The average molecular weight is 170 g/mol. The summed E-state index contributed by atoms with van der Waals surface area (Å²) in [7, 11) is 0. The minimum absolute atomic E-state index is 0.107. The number of ether oxygens (including phenoxy) is 2. The molecule has 3 nitrogen and oxygen atoms in total. The van der Waals surface area contributed by atoms with Crippen LogP contribution in [0.15, 0.2) is 0 Å². The Morgan fingerprint density at radius 2 is 2.33 bits per heavy atom. The maximum atomic E-state index is 10.5. The van der Waals surface area contributed by atoms with E-state index in [2.05, 4.69) is 0 Å². The first-order valence-electron chi connectivity index (χ1n) is 4.56. The van der Waals surface area contributed by atoms with Crippen LogP contribution in [0.25, 0.3) is 0 Å². The van der Waals surface area contributed by atoms with Gasteiger partial charge >= 0.3 is 0 Å². The molecule has 0 aromatic heterocycles. The smallest absolute Gasteiger partial charge is 0.148 e. The van der Waals surface area contributed by atoms with Crippen LogP contribution in [-0.2, 0) is 14.3 Å². The van der Waals surface area contributed by atoms with Gasteiger partial charge in [-0.2, -0.15) is 0 Å². The summed E-state index contributed by atoms with van der Waals surface area (Å²) in [6, 6.07) is 0. The van der Waals surface area contributed by atoms with Crippen LogP contribution in [0.5, 0.6) is 0 Å². The first kappa shape index (κ1) is 8.20. The minimum Gasteiger partial charge on any atom is -0.378 e. The highest BCUT2D eigenvalue weighted by Crippen LogP contribution is 2.34. The molecular weight excluding hydrogens is 156 g/mol. The highest BCUT2D eigenvalue weighted by Gasteiger charge is 2.40. The minimum atomic E-state index is -0.180. The average Bonchev–Trinajstić information content (AvgIpc) is 2.53. The van der Waals surface area contributed by atoms with Gasteiger partial charge in [-0.15, -0.1) is 0 Å². The zero-order valence-corrected chi connectivity index (χ0v) is 7.12. The maximum Gasteiger partial charge on any atom is 0.148 e. The lowest BCUT2D eigenvalue weighted by Crippen LogP contribution is -2.41. The van der Waals surface area contributed by atoms with Crippen molar-refractivity contribution in [3.05, 3.63) is 0 Å². The second kappa shape index (κ2) is 3.15. The van der Waals surface area contributed by atoms with Gasteiger partial charge in [0.15, 0.2) is 0 Å². The van der Waals surface area contributed by atoms with Crippen molar-refractivity contribution < 1.29 is 14.3 Å². The fourth-order valence-corrected chi connectivity index (χ4v) is 2.04. The Bertz CT molecular complexity index is 173. The monoisotopic (exact) mass is 170 g/mol. The number of hydrogen-bond donors (Lipinski definition) is 0. The molecule has 2 rings (SSSR count). The lowest BCUT2D eigenvalue weighted by molar-refractivity contribution is -0.146. The van der Waals surface area contributed by atoms with E-state index in [1.54, 1.807) is 0 Å². The molecule has 68 valence electrons. The Morgan fingerprint density at radius 3 is 3.00 bits per heavy atom. The third kappa shape index (κ3) is 1.39. The van der Waals surface area contributed by atoms with E-state index in [0.717, 1.165) is 38.6 Å². The standard InChI is InChI=1S/C9H14O3/c10-6-8-2-1-3-9(12-8)4-5-11-7-9/h6,8H,1-5,7H2. The summed E-state index contributed by atoms with van der Waals surface area (Å²) in [6.45, 7) is 1.46. The predicted molar refractivity (Wildman–Crippen MR) is 43.0 cm³/mol. The lowest BCUT2D eigenvalue weighted by Gasteiger charge is -2.35. The Morgan fingerprint density at radius 1 is 1.42 bits per heavy atom. The topological polar surface area (TPSA) is 35.5 Å². The Hall–Kier alpha value is -0.410. The van der Waals surface area contributed by atoms with E-state index in [0.29, 0.717) is 6.61 Å². The molecule has 0 radical (unpaired) electrons. The van der Waals surface area contributed by atoms with E-state index in [-0.39, 0.29) is 11.7 Å². The van der Waals surface area contributed by atoms with E-state index < -0.39 is 0 Å². The molecule has 12 heavy (non-hydrogen) atoms.